The second-order valence-electron chi connectivity index (χ2n) is 5.99. The molecule has 0 aliphatic carbocycles. The molecule has 3 rings (SSSR count). The highest BCUT2D eigenvalue weighted by Gasteiger charge is 2.16. The Morgan fingerprint density at radius 2 is 1.85 bits per heavy atom. The molecule has 0 bridgehead atoms. The van der Waals surface area contributed by atoms with Gasteiger partial charge in [-0.3, -0.25) is 4.79 Å². The van der Waals surface area contributed by atoms with Crippen molar-refractivity contribution in [3.05, 3.63) is 54.1 Å². The van der Waals surface area contributed by atoms with Gasteiger partial charge in [-0.2, -0.15) is 0 Å². The van der Waals surface area contributed by atoms with Crippen LogP contribution in [-0.4, -0.2) is 26.4 Å². The number of anilines is 2. The maximum absolute atomic E-state index is 12.4. The summed E-state index contributed by atoms with van der Waals surface area (Å²) in [6.45, 7) is 4.78. The molecule has 1 heterocycles. The Hall–Kier alpha value is -2.80. The number of nitrogens with one attached hydrogen (secondary N) is 1. The Bertz CT molecular complexity index is 938. The van der Waals surface area contributed by atoms with E-state index >= 15 is 0 Å². The lowest BCUT2D eigenvalue weighted by Crippen LogP contribution is -2.15. The van der Waals surface area contributed by atoms with Crippen LogP contribution >= 0.6 is 11.8 Å². The molecule has 0 atom stereocenters. The first-order valence-corrected chi connectivity index (χ1v) is 9.91. The van der Waals surface area contributed by atoms with Gasteiger partial charge >= 0.3 is 0 Å². The van der Waals surface area contributed by atoms with E-state index in [-0.39, 0.29) is 11.7 Å². The molecule has 6 nitrogen and oxygen atoms in total. The zero-order chi connectivity index (χ0) is 19.2. The summed E-state index contributed by atoms with van der Waals surface area (Å²) in [6, 6.07) is 15.4. The van der Waals surface area contributed by atoms with Crippen molar-refractivity contribution >= 4 is 29.0 Å². The quantitative estimate of drug-likeness (QED) is 0.480. The Labute approximate surface area is 163 Å². The molecular formula is C20H23N5OS. The van der Waals surface area contributed by atoms with Crippen molar-refractivity contribution in [2.24, 2.45) is 0 Å². The minimum Gasteiger partial charge on any atom is -0.398 e. The molecule has 7 heteroatoms. The molecule has 0 saturated heterocycles. The van der Waals surface area contributed by atoms with Gasteiger partial charge in [0.2, 0.25) is 5.91 Å². The molecule has 0 radical (unpaired) electrons. The van der Waals surface area contributed by atoms with Gasteiger partial charge in [-0.1, -0.05) is 49.0 Å². The van der Waals surface area contributed by atoms with Gasteiger partial charge in [-0.15, -0.1) is 10.2 Å². The Morgan fingerprint density at radius 3 is 2.59 bits per heavy atom. The molecular weight excluding hydrogens is 358 g/mol. The highest BCUT2D eigenvalue weighted by atomic mass is 32.2. The molecule has 0 aliphatic rings. The normalized spacial score (nSPS) is 10.7. The van der Waals surface area contributed by atoms with Crippen LogP contribution in [0.1, 0.15) is 19.4 Å². The van der Waals surface area contributed by atoms with E-state index in [4.69, 9.17) is 5.73 Å². The number of carbonyl (C=O) groups is 1. The van der Waals surface area contributed by atoms with Crippen LogP contribution in [0, 0.1) is 0 Å². The number of nitrogen functional groups attached to an aromatic ring is 1. The van der Waals surface area contributed by atoms with Crippen LogP contribution in [0.25, 0.3) is 11.4 Å². The summed E-state index contributed by atoms with van der Waals surface area (Å²) in [5.41, 5.74) is 9.55. The van der Waals surface area contributed by atoms with E-state index in [9.17, 15) is 4.79 Å². The smallest absolute Gasteiger partial charge is 0.234 e. The molecule has 0 aliphatic heterocycles. The number of nitrogens with zero attached hydrogens (tertiary/aromatic N) is 3. The van der Waals surface area contributed by atoms with E-state index in [1.165, 1.54) is 11.8 Å². The summed E-state index contributed by atoms with van der Waals surface area (Å²) in [4.78, 5) is 12.4. The van der Waals surface area contributed by atoms with Crippen LogP contribution in [0.3, 0.4) is 0 Å². The van der Waals surface area contributed by atoms with Crippen molar-refractivity contribution in [3.63, 3.8) is 0 Å². The van der Waals surface area contributed by atoms with E-state index in [0.29, 0.717) is 17.4 Å². The first kappa shape index (κ1) is 19.0. The first-order chi connectivity index (χ1) is 13.1. The zero-order valence-corrected chi connectivity index (χ0v) is 16.3. The molecule has 0 saturated carbocycles. The van der Waals surface area contributed by atoms with Crippen LogP contribution in [0.5, 0.6) is 0 Å². The first-order valence-electron chi connectivity index (χ1n) is 8.92. The van der Waals surface area contributed by atoms with Crippen molar-refractivity contribution in [3.8, 4) is 11.4 Å². The summed E-state index contributed by atoms with van der Waals surface area (Å²) in [7, 11) is 0. The van der Waals surface area contributed by atoms with Gasteiger partial charge in [0.05, 0.1) is 5.75 Å². The van der Waals surface area contributed by atoms with E-state index in [0.717, 1.165) is 29.1 Å². The number of aryl methyl sites for hydroxylation is 1. The number of amides is 1. The summed E-state index contributed by atoms with van der Waals surface area (Å²) < 4.78 is 1.98. The summed E-state index contributed by atoms with van der Waals surface area (Å²) >= 11 is 1.37. The van der Waals surface area contributed by atoms with Gasteiger partial charge in [-0.05, 0) is 37.1 Å². The predicted molar refractivity (Wildman–Crippen MR) is 111 cm³/mol. The van der Waals surface area contributed by atoms with Gasteiger partial charge in [0, 0.05) is 23.5 Å². The van der Waals surface area contributed by atoms with Crippen molar-refractivity contribution < 1.29 is 4.79 Å². The third kappa shape index (κ3) is 4.31. The largest absolute Gasteiger partial charge is 0.398 e. The number of hydrogen-bond acceptors (Lipinski definition) is 5. The van der Waals surface area contributed by atoms with E-state index in [1.54, 1.807) is 0 Å². The summed E-state index contributed by atoms with van der Waals surface area (Å²) in [5.74, 6) is 0.919. The number of para-hydroxylation sites is 2. The Balaban J connectivity index is 1.71. The van der Waals surface area contributed by atoms with E-state index < -0.39 is 0 Å². The third-order valence-corrected chi connectivity index (χ3v) is 5.21. The minimum atomic E-state index is -0.0627. The maximum atomic E-state index is 12.4. The lowest BCUT2D eigenvalue weighted by Gasteiger charge is -2.10. The number of thioether (sulfide) groups is 1. The molecule has 0 unspecified atom stereocenters. The van der Waals surface area contributed by atoms with Gasteiger partial charge in [0.15, 0.2) is 11.0 Å². The van der Waals surface area contributed by atoms with Crippen molar-refractivity contribution in [2.45, 2.75) is 32.0 Å². The number of aromatic nitrogens is 3. The van der Waals surface area contributed by atoms with Gasteiger partial charge in [0.25, 0.3) is 0 Å². The Kier molecular flexibility index (Phi) is 6.13. The van der Waals surface area contributed by atoms with Crippen molar-refractivity contribution in [2.75, 3.05) is 16.8 Å². The van der Waals surface area contributed by atoms with Gasteiger partial charge < -0.3 is 15.6 Å². The molecule has 1 aromatic heterocycles. The summed E-state index contributed by atoms with van der Waals surface area (Å²) in [5, 5.41) is 12.2. The highest BCUT2D eigenvalue weighted by Crippen LogP contribution is 2.28. The van der Waals surface area contributed by atoms with Crippen molar-refractivity contribution in [1.82, 2.24) is 14.8 Å². The number of carbonyl (C=O) groups excluding carboxylic acids is 1. The standard InChI is InChI=1S/C20H23N5OS/c1-3-14-9-5-8-12-17(14)22-18(26)13-27-20-24-23-19(25(20)4-2)15-10-6-7-11-16(15)21/h5-12H,3-4,13,21H2,1-2H3,(H,22,26). The fourth-order valence-electron chi connectivity index (χ4n) is 2.85. The number of rotatable bonds is 7. The average molecular weight is 382 g/mol. The third-order valence-electron chi connectivity index (χ3n) is 4.24. The Morgan fingerprint density at radius 1 is 1.11 bits per heavy atom. The van der Waals surface area contributed by atoms with Gasteiger partial charge in [0.1, 0.15) is 0 Å². The summed E-state index contributed by atoms with van der Waals surface area (Å²) in [6.07, 6.45) is 0.871. The van der Waals surface area contributed by atoms with Crippen molar-refractivity contribution in [1.29, 1.82) is 0 Å². The maximum Gasteiger partial charge on any atom is 0.234 e. The molecule has 3 aromatic rings. The van der Waals surface area contributed by atoms with Crippen LogP contribution in [0.4, 0.5) is 11.4 Å². The monoisotopic (exact) mass is 381 g/mol. The highest BCUT2D eigenvalue weighted by molar-refractivity contribution is 7.99. The topological polar surface area (TPSA) is 85.8 Å². The predicted octanol–water partition coefficient (Wildman–Crippen LogP) is 3.84. The van der Waals surface area contributed by atoms with E-state index in [2.05, 4.69) is 22.4 Å². The lowest BCUT2D eigenvalue weighted by molar-refractivity contribution is -0.113. The molecule has 1 amide bonds. The number of nitrogens with two attached hydrogens (primary N) is 1. The van der Waals surface area contributed by atoms with Crippen LogP contribution in [-0.2, 0) is 17.8 Å². The van der Waals surface area contributed by atoms with E-state index in [1.807, 2.05) is 60.0 Å². The lowest BCUT2D eigenvalue weighted by atomic mass is 10.1. The SMILES string of the molecule is CCc1ccccc1NC(=O)CSc1nnc(-c2ccccc2N)n1CC. The molecule has 27 heavy (non-hydrogen) atoms. The second kappa shape index (κ2) is 8.73. The van der Waals surface area contributed by atoms with Crippen LogP contribution in [0.15, 0.2) is 53.7 Å². The fraction of sp³-hybridized carbons (Fsp3) is 0.250. The zero-order valence-electron chi connectivity index (χ0n) is 15.5. The number of benzene rings is 2. The van der Waals surface area contributed by atoms with Crippen LogP contribution in [0.2, 0.25) is 0 Å². The van der Waals surface area contributed by atoms with Gasteiger partial charge in [-0.25, -0.2) is 0 Å². The van der Waals surface area contributed by atoms with Crippen LogP contribution < -0.4 is 11.1 Å². The molecule has 2 aromatic carbocycles. The molecule has 0 fully saturated rings. The fourth-order valence-corrected chi connectivity index (χ4v) is 3.65. The second-order valence-corrected chi connectivity index (χ2v) is 6.93. The number of hydrogen-bond donors (Lipinski definition) is 2. The average Bonchev–Trinajstić information content (AvgIpc) is 3.10. The molecule has 0 spiro atoms. The molecule has 3 N–H and O–H groups in total. The minimum absolute atomic E-state index is 0.0627. The molecule has 140 valence electrons.